The molecular formula is C15H26N4O2. The third-order valence-corrected chi connectivity index (χ3v) is 3.70. The zero-order valence-electron chi connectivity index (χ0n) is 13.0. The van der Waals surface area contributed by atoms with Crippen molar-refractivity contribution in [3.05, 3.63) is 11.9 Å². The second-order valence-electron chi connectivity index (χ2n) is 5.63. The lowest BCUT2D eigenvalue weighted by Crippen LogP contribution is -2.20. The van der Waals surface area contributed by atoms with E-state index >= 15 is 0 Å². The molecule has 0 bridgehead atoms. The summed E-state index contributed by atoms with van der Waals surface area (Å²) in [6.45, 7) is 7.00. The number of nitrogens with one attached hydrogen (secondary N) is 2. The van der Waals surface area contributed by atoms with Crippen LogP contribution in [0.2, 0.25) is 0 Å². The number of aliphatic hydroxyl groups excluding tert-OH is 1. The highest BCUT2D eigenvalue weighted by atomic mass is 16.5. The molecular weight excluding hydrogens is 268 g/mol. The molecule has 3 N–H and O–H groups in total. The summed E-state index contributed by atoms with van der Waals surface area (Å²) < 4.78 is 5.39. The highest BCUT2D eigenvalue weighted by molar-refractivity contribution is 5.47. The van der Waals surface area contributed by atoms with Crippen molar-refractivity contribution >= 4 is 11.6 Å². The zero-order chi connectivity index (χ0) is 15.1. The van der Waals surface area contributed by atoms with Gasteiger partial charge in [-0.3, -0.25) is 0 Å². The molecule has 0 unspecified atom stereocenters. The average molecular weight is 294 g/mol. The zero-order valence-corrected chi connectivity index (χ0v) is 13.0. The second-order valence-corrected chi connectivity index (χ2v) is 5.63. The summed E-state index contributed by atoms with van der Waals surface area (Å²) in [6.07, 6.45) is 3.20. The molecule has 118 valence electrons. The van der Waals surface area contributed by atoms with E-state index in [9.17, 15) is 5.11 Å². The molecule has 6 nitrogen and oxygen atoms in total. The maximum Gasteiger partial charge on any atom is 0.158 e. The average Bonchev–Trinajstić information content (AvgIpc) is 3.29. The van der Waals surface area contributed by atoms with Crippen molar-refractivity contribution in [3.8, 4) is 0 Å². The Morgan fingerprint density at radius 1 is 1.24 bits per heavy atom. The molecule has 0 aliphatic heterocycles. The first kappa shape index (κ1) is 16.0. The van der Waals surface area contributed by atoms with Crippen LogP contribution in [0.4, 0.5) is 11.6 Å². The van der Waals surface area contributed by atoms with Crippen molar-refractivity contribution in [1.82, 2.24) is 9.97 Å². The van der Waals surface area contributed by atoms with E-state index in [0.29, 0.717) is 19.0 Å². The van der Waals surface area contributed by atoms with Crippen LogP contribution in [0.25, 0.3) is 0 Å². The molecule has 0 spiro atoms. The number of rotatable bonds is 10. The van der Waals surface area contributed by atoms with E-state index in [1.165, 1.54) is 0 Å². The Kier molecular flexibility index (Phi) is 5.76. The standard InChI is InChI=1S/C15H26N4O2/c1-3-7-16-12-8-13(17-10-15(11-20)5-6-15)19-14(18-12)9-21-4-2/h8,20H,3-7,9-11H2,1-2H3,(H2,16,17,18,19). The van der Waals surface area contributed by atoms with Crippen LogP contribution in [0.5, 0.6) is 0 Å². The second kappa shape index (κ2) is 7.56. The SMILES string of the molecule is CCCNc1cc(NCC2(CO)CC2)nc(COCC)n1. The fraction of sp³-hybridized carbons (Fsp3) is 0.733. The van der Waals surface area contributed by atoms with Gasteiger partial charge in [-0.1, -0.05) is 6.92 Å². The Morgan fingerprint density at radius 2 is 1.95 bits per heavy atom. The minimum Gasteiger partial charge on any atom is -0.396 e. The van der Waals surface area contributed by atoms with Gasteiger partial charge in [-0.2, -0.15) is 0 Å². The lowest BCUT2D eigenvalue weighted by atomic mass is 10.1. The molecule has 0 atom stereocenters. The van der Waals surface area contributed by atoms with Gasteiger partial charge in [0.1, 0.15) is 18.2 Å². The van der Waals surface area contributed by atoms with E-state index in [1.54, 1.807) is 0 Å². The van der Waals surface area contributed by atoms with Crippen molar-refractivity contribution < 1.29 is 9.84 Å². The number of anilines is 2. The third kappa shape index (κ3) is 4.82. The molecule has 1 heterocycles. The Labute approximate surface area is 126 Å². The van der Waals surface area contributed by atoms with Crippen LogP contribution in [0.3, 0.4) is 0 Å². The first-order valence-electron chi connectivity index (χ1n) is 7.75. The molecule has 0 amide bonds. The molecule has 0 aromatic carbocycles. The van der Waals surface area contributed by atoms with Crippen LogP contribution < -0.4 is 10.6 Å². The van der Waals surface area contributed by atoms with Crippen molar-refractivity contribution in [2.75, 3.05) is 36.9 Å². The predicted molar refractivity (Wildman–Crippen MR) is 83.4 cm³/mol. The summed E-state index contributed by atoms with van der Waals surface area (Å²) >= 11 is 0. The molecule has 1 aromatic rings. The van der Waals surface area contributed by atoms with Gasteiger partial charge in [-0.05, 0) is 26.2 Å². The van der Waals surface area contributed by atoms with E-state index in [0.717, 1.165) is 44.0 Å². The molecule has 0 radical (unpaired) electrons. The van der Waals surface area contributed by atoms with Gasteiger partial charge in [-0.15, -0.1) is 0 Å². The summed E-state index contributed by atoms with van der Waals surface area (Å²) in [5.74, 6) is 2.28. The molecule has 1 aliphatic carbocycles. The number of nitrogens with zero attached hydrogens (tertiary/aromatic N) is 2. The quantitative estimate of drug-likeness (QED) is 0.613. The summed E-state index contributed by atoms with van der Waals surface area (Å²) in [5.41, 5.74) is 0.0576. The van der Waals surface area contributed by atoms with Gasteiger partial charge in [-0.25, -0.2) is 9.97 Å². The maximum atomic E-state index is 9.37. The number of aromatic nitrogens is 2. The van der Waals surface area contributed by atoms with Crippen LogP contribution in [0.1, 0.15) is 38.9 Å². The fourth-order valence-electron chi connectivity index (χ4n) is 2.03. The van der Waals surface area contributed by atoms with Crippen molar-refractivity contribution in [2.24, 2.45) is 5.41 Å². The lowest BCUT2D eigenvalue weighted by Gasteiger charge is -2.15. The molecule has 1 aromatic heterocycles. The molecule has 1 saturated carbocycles. The minimum atomic E-state index is 0.0576. The van der Waals surface area contributed by atoms with E-state index in [4.69, 9.17) is 4.74 Å². The molecule has 1 fully saturated rings. The smallest absolute Gasteiger partial charge is 0.158 e. The molecule has 6 heteroatoms. The molecule has 2 rings (SSSR count). The van der Waals surface area contributed by atoms with Gasteiger partial charge in [0.2, 0.25) is 0 Å². The van der Waals surface area contributed by atoms with E-state index in [2.05, 4.69) is 27.5 Å². The maximum absolute atomic E-state index is 9.37. The van der Waals surface area contributed by atoms with Gasteiger partial charge in [0.25, 0.3) is 0 Å². The lowest BCUT2D eigenvalue weighted by molar-refractivity contribution is 0.128. The van der Waals surface area contributed by atoms with Crippen LogP contribution in [0.15, 0.2) is 6.07 Å². The largest absolute Gasteiger partial charge is 0.396 e. The van der Waals surface area contributed by atoms with E-state index in [1.807, 2.05) is 13.0 Å². The monoisotopic (exact) mass is 294 g/mol. The number of aliphatic hydroxyl groups is 1. The number of hydrogen-bond donors (Lipinski definition) is 3. The van der Waals surface area contributed by atoms with Crippen LogP contribution in [0, 0.1) is 5.41 Å². The normalized spacial score (nSPS) is 15.8. The molecule has 1 aliphatic rings. The van der Waals surface area contributed by atoms with Gasteiger partial charge in [0, 0.05) is 31.2 Å². The van der Waals surface area contributed by atoms with Gasteiger partial charge >= 0.3 is 0 Å². The topological polar surface area (TPSA) is 79.3 Å². The predicted octanol–water partition coefficient (Wildman–Crippen LogP) is 2.02. The minimum absolute atomic E-state index is 0.0576. The Bertz CT molecular complexity index is 423. The number of hydrogen-bond acceptors (Lipinski definition) is 6. The summed E-state index contributed by atoms with van der Waals surface area (Å²) in [5, 5.41) is 16.0. The van der Waals surface area contributed by atoms with Gasteiger partial charge in [0.15, 0.2) is 5.82 Å². The Balaban J connectivity index is 2.02. The van der Waals surface area contributed by atoms with Crippen molar-refractivity contribution in [1.29, 1.82) is 0 Å². The highest BCUT2D eigenvalue weighted by Gasteiger charge is 2.41. The Hall–Kier alpha value is -1.40. The molecule has 21 heavy (non-hydrogen) atoms. The van der Waals surface area contributed by atoms with Crippen molar-refractivity contribution in [2.45, 2.75) is 39.7 Å². The first-order valence-corrected chi connectivity index (χ1v) is 7.75. The van der Waals surface area contributed by atoms with Crippen molar-refractivity contribution in [3.63, 3.8) is 0 Å². The summed E-state index contributed by atoms with van der Waals surface area (Å²) in [4.78, 5) is 8.93. The van der Waals surface area contributed by atoms with Crippen LogP contribution in [-0.4, -0.2) is 41.4 Å². The summed E-state index contributed by atoms with van der Waals surface area (Å²) in [7, 11) is 0. The Morgan fingerprint density at radius 3 is 2.52 bits per heavy atom. The van der Waals surface area contributed by atoms with Gasteiger partial charge < -0.3 is 20.5 Å². The van der Waals surface area contributed by atoms with Crippen LogP contribution in [-0.2, 0) is 11.3 Å². The fourth-order valence-corrected chi connectivity index (χ4v) is 2.03. The summed E-state index contributed by atoms with van der Waals surface area (Å²) in [6, 6.07) is 1.92. The third-order valence-electron chi connectivity index (χ3n) is 3.70. The first-order chi connectivity index (χ1) is 10.2. The van der Waals surface area contributed by atoms with E-state index < -0.39 is 0 Å². The van der Waals surface area contributed by atoms with E-state index in [-0.39, 0.29) is 12.0 Å². The highest BCUT2D eigenvalue weighted by Crippen LogP contribution is 2.44. The van der Waals surface area contributed by atoms with Crippen LogP contribution >= 0.6 is 0 Å². The molecule has 0 saturated heterocycles. The number of ether oxygens (including phenoxy) is 1. The van der Waals surface area contributed by atoms with Gasteiger partial charge in [0.05, 0.1) is 6.61 Å².